The lowest BCUT2D eigenvalue weighted by atomic mass is 10.1. The number of anilines is 2. The van der Waals surface area contributed by atoms with Crippen LogP contribution in [0.5, 0.6) is 0 Å². The monoisotopic (exact) mass is 314 g/mol. The summed E-state index contributed by atoms with van der Waals surface area (Å²) in [7, 11) is 4.23. The second-order valence-corrected chi connectivity index (χ2v) is 7.04. The molecule has 3 rings (SSSR count). The van der Waals surface area contributed by atoms with Crippen LogP contribution < -0.4 is 4.90 Å². The van der Waals surface area contributed by atoms with Crippen LogP contribution in [-0.2, 0) is 6.61 Å². The number of fused-ring (bicyclic) bond motifs is 2. The van der Waals surface area contributed by atoms with Gasteiger partial charge in [0.2, 0.25) is 0 Å². The molecule has 0 saturated heterocycles. The zero-order valence-corrected chi connectivity index (χ0v) is 14.1. The number of nitrogens with zero attached hydrogens (tertiary/aromatic N) is 2. The molecule has 0 fully saturated rings. The van der Waals surface area contributed by atoms with Crippen LogP contribution in [-0.4, -0.2) is 36.7 Å². The van der Waals surface area contributed by atoms with Gasteiger partial charge in [0.1, 0.15) is 0 Å². The summed E-state index contributed by atoms with van der Waals surface area (Å²) in [6, 6.07) is 15.2. The first kappa shape index (κ1) is 15.4. The molecule has 1 unspecified atom stereocenters. The molecule has 0 saturated carbocycles. The van der Waals surface area contributed by atoms with Gasteiger partial charge in [0.05, 0.1) is 18.0 Å². The summed E-state index contributed by atoms with van der Waals surface area (Å²) in [6.45, 7) is 3.27. The summed E-state index contributed by atoms with van der Waals surface area (Å²) in [4.78, 5) is 7.13. The minimum absolute atomic E-state index is 0.0869. The van der Waals surface area contributed by atoms with Crippen molar-refractivity contribution in [3.8, 4) is 0 Å². The molecule has 3 nitrogen and oxygen atoms in total. The molecular formula is C18H22N2OS. The number of hydrogen-bond acceptors (Lipinski definition) is 4. The maximum absolute atomic E-state index is 9.39. The second kappa shape index (κ2) is 6.32. The molecule has 22 heavy (non-hydrogen) atoms. The van der Waals surface area contributed by atoms with Gasteiger partial charge in [0, 0.05) is 22.4 Å². The molecule has 2 aromatic rings. The summed E-state index contributed by atoms with van der Waals surface area (Å²) < 4.78 is 0. The van der Waals surface area contributed by atoms with Gasteiger partial charge in [-0.2, -0.15) is 0 Å². The van der Waals surface area contributed by atoms with Crippen LogP contribution in [0.3, 0.4) is 0 Å². The Morgan fingerprint density at radius 3 is 2.55 bits per heavy atom. The van der Waals surface area contributed by atoms with Crippen LogP contribution in [0.15, 0.2) is 52.3 Å². The van der Waals surface area contributed by atoms with Gasteiger partial charge in [-0.1, -0.05) is 30.0 Å². The van der Waals surface area contributed by atoms with E-state index in [2.05, 4.69) is 67.2 Å². The van der Waals surface area contributed by atoms with E-state index in [-0.39, 0.29) is 6.61 Å². The fourth-order valence-electron chi connectivity index (χ4n) is 2.60. The minimum atomic E-state index is 0.0869. The van der Waals surface area contributed by atoms with Gasteiger partial charge in [-0.15, -0.1) is 0 Å². The largest absolute Gasteiger partial charge is 0.392 e. The standard InChI is InChI=1S/C18H22N2OS/c1-13(19(2)3)11-20-15-6-4-5-7-17(15)22-18-10-14(12-21)8-9-16(18)20/h4-10,13,21H,11-12H2,1-3H3. The molecule has 1 atom stereocenters. The number of para-hydroxylation sites is 1. The van der Waals surface area contributed by atoms with E-state index < -0.39 is 0 Å². The molecule has 1 N–H and O–H groups in total. The molecule has 0 aromatic heterocycles. The van der Waals surface area contributed by atoms with Gasteiger partial charge in [-0.05, 0) is 50.8 Å². The number of aliphatic hydroxyl groups is 1. The Morgan fingerprint density at radius 1 is 1.09 bits per heavy atom. The highest BCUT2D eigenvalue weighted by Gasteiger charge is 2.25. The summed E-state index contributed by atoms with van der Waals surface area (Å²) in [6.07, 6.45) is 0. The highest BCUT2D eigenvalue weighted by atomic mass is 32.2. The van der Waals surface area contributed by atoms with Crippen LogP contribution in [0.2, 0.25) is 0 Å². The van der Waals surface area contributed by atoms with Crippen molar-refractivity contribution in [2.24, 2.45) is 0 Å². The maximum Gasteiger partial charge on any atom is 0.0682 e. The number of aliphatic hydroxyl groups excluding tert-OH is 1. The van der Waals surface area contributed by atoms with Gasteiger partial charge in [-0.25, -0.2) is 0 Å². The quantitative estimate of drug-likeness (QED) is 0.930. The minimum Gasteiger partial charge on any atom is -0.392 e. The first-order valence-electron chi connectivity index (χ1n) is 7.55. The third-order valence-electron chi connectivity index (χ3n) is 4.20. The third-order valence-corrected chi connectivity index (χ3v) is 5.31. The van der Waals surface area contributed by atoms with Crippen LogP contribution in [0.25, 0.3) is 0 Å². The van der Waals surface area contributed by atoms with E-state index in [1.807, 2.05) is 6.07 Å². The molecule has 0 bridgehead atoms. The zero-order valence-electron chi connectivity index (χ0n) is 13.3. The molecule has 0 radical (unpaired) electrons. The third kappa shape index (κ3) is 2.86. The normalized spacial score (nSPS) is 14.7. The van der Waals surface area contributed by atoms with Crippen LogP contribution >= 0.6 is 11.8 Å². The molecule has 0 spiro atoms. The predicted molar refractivity (Wildman–Crippen MR) is 93.1 cm³/mol. The number of likely N-dealkylation sites (N-methyl/N-ethyl adjacent to an activating group) is 1. The molecule has 0 amide bonds. The number of benzene rings is 2. The van der Waals surface area contributed by atoms with Crippen molar-refractivity contribution >= 4 is 23.1 Å². The summed E-state index contributed by atoms with van der Waals surface area (Å²) in [5.74, 6) is 0. The van der Waals surface area contributed by atoms with Crippen molar-refractivity contribution in [1.82, 2.24) is 4.90 Å². The van der Waals surface area contributed by atoms with E-state index in [0.29, 0.717) is 6.04 Å². The Morgan fingerprint density at radius 2 is 1.82 bits per heavy atom. The average Bonchev–Trinajstić information content (AvgIpc) is 2.53. The van der Waals surface area contributed by atoms with Crippen LogP contribution in [0, 0.1) is 0 Å². The van der Waals surface area contributed by atoms with Gasteiger partial charge < -0.3 is 14.9 Å². The van der Waals surface area contributed by atoms with E-state index >= 15 is 0 Å². The molecule has 1 heterocycles. The second-order valence-electron chi connectivity index (χ2n) is 5.95. The number of hydrogen-bond donors (Lipinski definition) is 1. The first-order valence-corrected chi connectivity index (χ1v) is 8.36. The molecule has 1 aliphatic heterocycles. The lowest BCUT2D eigenvalue weighted by Gasteiger charge is -2.36. The van der Waals surface area contributed by atoms with Crippen molar-refractivity contribution in [3.05, 3.63) is 48.0 Å². The fraction of sp³-hybridized carbons (Fsp3) is 0.333. The van der Waals surface area contributed by atoms with Crippen LogP contribution in [0.4, 0.5) is 11.4 Å². The van der Waals surface area contributed by atoms with Crippen molar-refractivity contribution in [1.29, 1.82) is 0 Å². The molecular weight excluding hydrogens is 292 g/mol. The van der Waals surface area contributed by atoms with E-state index in [9.17, 15) is 5.11 Å². The van der Waals surface area contributed by atoms with Crippen LogP contribution in [0.1, 0.15) is 12.5 Å². The predicted octanol–water partition coefficient (Wildman–Crippen LogP) is 3.73. The SMILES string of the molecule is CC(CN1c2ccccc2Sc2cc(CO)ccc21)N(C)C. The lowest BCUT2D eigenvalue weighted by molar-refractivity contribution is 0.281. The lowest BCUT2D eigenvalue weighted by Crippen LogP contribution is -2.37. The summed E-state index contributed by atoms with van der Waals surface area (Å²) >= 11 is 1.78. The maximum atomic E-state index is 9.39. The topological polar surface area (TPSA) is 26.7 Å². The first-order chi connectivity index (χ1) is 10.6. The van der Waals surface area contributed by atoms with E-state index in [4.69, 9.17) is 0 Å². The van der Waals surface area contributed by atoms with Gasteiger partial charge in [0.25, 0.3) is 0 Å². The number of rotatable bonds is 4. The Balaban J connectivity index is 2.04. The van der Waals surface area contributed by atoms with E-state index in [1.165, 1.54) is 21.2 Å². The highest BCUT2D eigenvalue weighted by Crippen LogP contribution is 2.48. The molecule has 116 valence electrons. The van der Waals surface area contributed by atoms with Gasteiger partial charge in [0.15, 0.2) is 0 Å². The van der Waals surface area contributed by atoms with Gasteiger partial charge >= 0.3 is 0 Å². The summed E-state index contributed by atoms with van der Waals surface area (Å²) in [5, 5.41) is 9.39. The van der Waals surface area contributed by atoms with Gasteiger partial charge in [-0.3, -0.25) is 0 Å². The summed E-state index contributed by atoms with van der Waals surface area (Å²) in [5.41, 5.74) is 3.46. The average molecular weight is 314 g/mol. The molecule has 4 heteroatoms. The Bertz CT molecular complexity index is 672. The molecule has 1 aliphatic rings. The Hall–Kier alpha value is -1.49. The van der Waals surface area contributed by atoms with Crippen molar-refractivity contribution in [3.63, 3.8) is 0 Å². The fourth-order valence-corrected chi connectivity index (χ4v) is 3.76. The van der Waals surface area contributed by atoms with E-state index in [1.54, 1.807) is 11.8 Å². The molecule has 0 aliphatic carbocycles. The smallest absolute Gasteiger partial charge is 0.0682 e. The molecule has 2 aromatic carbocycles. The Labute approximate surface area is 136 Å². The highest BCUT2D eigenvalue weighted by molar-refractivity contribution is 7.99. The zero-order chi connectivity index (χ0) is 15.7. The Kier molecular flexibility index (Phi) is 4.43. The van der Waals surface area contributed by atoms with Crippen molar-refractivity contribution < 1.29 is 5.11 Å². The van der Waals surface area contributed by atoms with Crippen molar-refractivity contribution in [2.75, 3.05) is 25.5 Å². The van der Waals surface area contributed by atoms with Crippen molar-refractivity contribution in [2.45, 2.75) is 29.4 Å². The van der Waals surface area contributed by atoms with E-state index in [0.717, 1.165) is 12.1 Å².